The highest BCUT2D eigenvalue weighted by molar-refractivity contribution is 7.07. The van der Waals surface area contributed by atoms with Crippen molar-refractivity contribution in [2.24, 2.45) is 4.99 Å². The van der Waals surface area contributed by atoms with E-state index >= 15 is 0 Å². The number of methoxy groups -OCH3 is 2. The molecule has 6 rings (SSSR count). The zero-order chi connectivity index (χ0) is 32.5. The number of ether oxygens (including phenoxy) is 2. The number of para-hydroxylation sites is 1. The summed E-state index contributed by atoms with van der Waals surface area (Å²) in [5.41, 5.74) is 1.67. The quantitative estimate of drug-likeness (QED) is 0.167. The zero-order valence-electron chi connectivity index (χ0n) is 24.6. The molecule has 0 bridgehead atoms. The first kappa shape index (κ1) is 30.6. The van der Waals surface area contributed by atoms with E-state index in [-0.39, 0.29) is 16.3 Å². The minimum absolute atomic E-state index is 0.0109. The molecular weight excluding hydrogens is 632 g/mol. The van der Waals surface area contributed by atoms with Gasteiger partial charge in [-0.1, -0.05) is 41.1 Å². The molecule has 0 aliphatic carbocycles. The molecule has 0 saturated carbocycles. The van der Waals surface area contributed by atoms with E-state index in [4.69, 9.17) is 25.5 Å². The average molecular weight is 657 g/mol. The lowest BCUT2D eigenvalue weighted by atomic mass is 9.94. The van der Waals surface area contributed by atoms with E-state index < -0.39 is 22.4 Å². The lowest BCUT2D eigenvalue weighted by Gasteiger charge is -2.26. The molecule has 0 fully saturated rings. The molecule has 0 spiro atoms. The molecule has 1 aliphatic heterocycles. The number of thiazole rings is 1. The van der Waals surface area contributed by atoms with Gasteiger partial charge in [-0.25, -0.2) is 4.99 Å². The number of nitrogens with one attached hydrogen (secondary N) is 1. The molecule has 1 N–H and O–H groups in total. The third-order valence-corrected chi connectivity index (χ3v) is 8.66. The van der Waals surface area contributed by atoms with Gasteiger partial charge in [-0.3, -0.25) is 24.3 Å². The minimum Gasteiger partial charge on any atom is -0.497 e. The number of hydrogen-bond acceptors (Lipinski definition) is 9. The number of carbonyl (C=O) groups excluding carboxylic acids is 1. The van der Waals surface area contributed by atoms with Crippen molar-refractivity contribution < 1.29 is 23.6 Å². The molecule has 0 saturated heterocycles. The van der Waals surface area contributed by atoms with Crippen LogP contribution in [0.5, 0.6) is 11.5 Å². The Bertz CT molecular complexity index is 2220. The Hall–Kier alpha value is -5.46. The molecule has 5 aromatic rings. The van der Waals surface area contributed by atoms with Gasteiger partial charge < -0.3 is 19.2 Å². The van der Waals surface area contributed by atoms with Crippen LogP contribution in [0.3, 0.4) is 0 Å². The van der Waals surface area contributed by atoms with Crippen molar-refractivity contribution in [3.63, 3.8) is 0 Å². The lowest BCUT2D eigenvalue weighted by Crippen LogP contribution is -2.40. The second-order valence-corrected chi connectivity index (χ2v) is 11.6. The van der Waals surface area contributed by atoms with Gasteiger partial charge in [-0.2, -0.15) is 0 Å². The fourth-order valence-corrected chi connectivity index (χ4v) is 6.40. The smallest absolute Gasteiger partial charge is 0.288 e. The molecule has 13 heteroatoms. The summed E-state index contributed by atoms with van der Waals surface area (Å²) < 4.78 is 18.8. The predicted octanol–water partition coefficient (Wildman–Crippen LogP) is 5.71. The van der Waals surface area contributed by atoms with E-state index in [0.29, 0.717) is 54.9 Å². The van der Waals surface area contributed by atoms with Crippen LogP contribution in [0.25, 0.3) is 17.4 Å². The van der Waals surface area contributed by atoms with Crippen molar-refractivity contribution in [1.82, 2.24) is 4.57 Å². The van der Waals surface area contributed by atoms with Gasteiger partial charge in [-0.15, -0.1) is 0 Å². The summed E-state index contributed by atoms with van der Waals surface area (Å²) in [5.74, 6) is 1.25. The van der Waals surface area contributed by atoms with E-state index in [1.807, 2.05) is 18.2 Å². The van der Waals surface area contributed by atoms with Gasteiger partial charge in [0.2, 0.25) is 0 Å². The summed E-state index contributed by atoms with van der Waals surface area (Å²) in [5, 5.41) is 14.3. The summed E-state index contributed by atoms with van der Waals surface area (Å²) >= 11 is 7.10. The Morgan fingerprint density at radius 2 is 1.87 bits per heavy atom. The first-order valence-electron chi connectivity index (χ1n) is 13.8. The van der Waals surface area contributed by atoms with Crippen molar-refractivity contribution in [3.05, 3.63) is 136 Å². The summed E-state index contributed by atoms with van der Waals surface area (Å²) in [7, 11) is 3.04. The molecular formula is C33H25ClN4O7S. The van der Waals surface area contributed by atoms with Gasteiger partial charge in [0.1, 0.15) is 34.1 Å². The van der Waals surface area contributed by atoms with Gasteiger partial charge in [0.05, 0.1) is 34.9 Å². The lowest BCUT2D eigenvalue weighted by molar-refractivity contribution is -0.384. The maximum atomic E-state index is 14.1. The average Bonchev–Trinajstić information content (AvgIpc) is 3.64. The zero-order valence-corrected chi connectivity index (χ0v) is 26.2. The van der Waals surface area contributed by atoms with E-state index in [2.05, 4.69) is 10.3 Å². The first-order valence-corrected chi connectivity index (χ1v) is 15.0. The van der Waals surface area contributed by atoms with Crippen molar-refractivity contribution >= 4 is 46.3 Å². The number of halogens is 1. The molecule has 3 heterocycles. The molecule has 1 atom stereocenters. The Kier molecular flexibility index (Phi) is 8.31. The first-order chi connectivity index (χ1) is 22.2. The Morgan fingerprint density at radius 1 is 1.09 bits per heavy atom. The number of aromatic nitrogens is 1. The Morgan fingerprint density at radius 3 is 2.59 bits per heavy atom. The highest BCUT2D eigenvalue weighted by Gasteiger charge is 2.34. The highest BCUT2D eigenvalue weighted by atomic mass is 35.5. The van der Waals surface area contributed by atoms with Crippen LogP contribution in [0.4, 0.5) is 11.4 Å². The summed E-state index contributed by atoms with van der Waals surface area (Å²) in [6.45, 7) is 1.73. The van der Waals surface area contributed by atoms with Crippen LogP contribution in [0.15, 0.2) is 104 Å². The number of allylic oxidation sites excluding steroid dienone is 1. The number of hydrogen-bond donors (Lipinski definition) is 1. The second kappa shape index (κ2) is 12.5. The standard InChI is InChI=1S/C33H25ClN4O7S/c1-18-29(31(39)36-20-7-5-4-6-8-20)30(23-12-10-21(43-2)16-27(23)44-3)37-32(40)28(46-33(37)35-18)17-22-11-14-26(45-22)19-9-13-24(34)25(15-19)38(41)42/h4-17,30H,1-3H3,(H,36,39)/b28-17-/t30-/m0/s1. The second-order valence-electron chi connectivity index (χ2n) is 10.1. The van der Waals surface area contributed by atoms with Crippen LogP contribution < -0.4 is 29.7 Å². The highest BCUT2D eigenvalue weighted by Crippen LogP contribution is 2.38. The van der Waals surface area contributed by atoms with E-state index in [0.717, 1.165) is 11.3 Å². The van der Waals surface area contributed by atoms with Crippen molar-refractivity contribution in [1.29, 1.82) is 0 Å². The molecule has 11 nitrogen and oxygen atoms in total. The molecule has 2 aromatic heterocycles. The normalized spacial score (nSPS) is 14.4. The number of anilines is 1. The molecule has 46 heavy (non-hydrogen) atoms. The Labute approximate surface area is 270 Å². The number of fused-ring (bicyclic) bond motifs is 1. The van der Waals surface area contributed by atoms with Crippen molar-refractivity contribution in [3.8, 4) is 22.8 Å². The fourth-order valence-electron chi connectivity index (χ4n) is 5.19. The van der Waals surface area contributed by atoms with Crippen molar-refractivity contribution in [2.45, 2.75) is 13.0 Å². The third kappa shape index (κ3) is 5.71. The summed E-state index contributed by atoms with van der Waals surface area (Å²) in [6, 6.07) is 21.0. The van der Waals surface area contributed by atoms with E-state index in [9.17, 15) is 19.7 Å². The molecule has 0 unspecified atom stereocenters. The van der Waals surface area contributed by atoms with Gasteiger partial charge in [0, 0.05) is 35.0 Å². The molecule has 0 radical (unpaired) electrons. The van der Waals surface area contributed by atoms with Crippen LogP contribution in [-0.2, 0) is 4.79 Å². The SMILES string of the molecule is COc1ccc([C@H]2C(C(=O)Nc3ccccc3)=C(C)N=c3s/c(=C\c4ccc(-c5ccc(Cl)c([N+](=O)[O-])c5)o4)c(=O)n32)c(OC)c1. The van der Waals surface area contributed by atoms with Crippen LogP contribution in [0.2, 0.25) is 5.02 Å². The van der Waals surface area contributed by atoms with Gasteiger partial charge in [-0.05, 0) is 55.5 Å². The van der Waals surface area contributed by atoms with Crippen LogP contribution in [0, 0.1) is 10.1 Å². The van der Waals surface area contributed by atoms with Crippen LogP contribution in [-0.4, -0.2) is 29.6 Å². The molecule has 3 aromatic carbocycles. The van der Waals surface area contributed by atoms with Crippen LogP contribution >= 0.6 is 22.9 Å². The third-order valence-electron chi connectivity index (χ3n) is 7.36. The summed E-state index contributed by atoms with van der Waals surface area (Å²) in [6.07, 6.45) is 1.57. The van der Waals surface area contributed by atoms with E-state index in [1.165, 1.54) is 30.9 Å². The largest absolute Gasteiger partial charge is 0.497 e. The number of nitro benzene ring substituents is 1. The Balaban J connectivity index is 1.47. The van der Waals surface area contributed by atoms with Crippen LogP contribution in [0.1, 0.15) is 24.3 Å². The monoisotopic (exact) mass is 656 g/mol. The number of rotatable bonds is 8. The number of nitro groups is 1. The maximum Gasteiger partial charge on any atom is 0.288 e. The van der Waals surface area contributed by atoms with Gasteiger partial charge >= 0.3 is 0 Å². The van der Waals surface area contributed by atoms with Crippen molar-refractivity contribution in [2.75, 3.05) is 19.5 Å². The van der Waals surface area contributed by atoms with Gasteiger partial charge in [0.15, 0.2) is 4.80 Å². The maximum absolute atomic E-state index is 14.1. The molecule has 1 aliphatic rings. The minimum atomic E-state index is -0.884. The number of carbonyl (C=O) groups is 1. The topological polar surface area (TPSA) is 138 Å². The molecule has 1 amide bonds. The predicted molar refractivity (Wildman–Crippen MR) is 174 cm³/mol. The number of benzene rings is 3. The van der Waals surface area contributed by atoms with Gasteiger partial charge in [0.25, 0.3) is 17.2 Å². The number of nitrogens with zero attached hydrogens (tertiary/aromatic N) is 3. The summed E-state index contributed by atoms with van der Waals surface area (Å²) in [4.78, 5) is 43.8. The number of furan rings is 1. The molecule has 232 valence electrons. The van der Waals surface area contributed by atoms with E-state index in [1.54, 1.807) is 61.5 Å². The number of amides is 1. The fraction of sp³-hybridized carbons (Fsp3) is 0.121.